The molecule has 1 aliphatic carbocycles. The van der Waals surface area contributed by atoms with Crippen molar-refractivity contribution in [2.24, 2.45) is 11.3 Å². The fraction of sp³-hybridized carbons (Fsp3) is 0.889. The first-order valence-corrected chi connectivity index (χ1v) is 9.37. The van der Waals surface area contributed by atoms with E-state index >= 15 is 0 Å². The van der Waals surface area contributed by atoms with E-state index in [1.165, 1.54) is 12.8 Å². The molecule has 0 aromatic heterocycles. The molecule has 3 aliphatic rings. The van der Waals surface area contributed by atoms with E-state index in [1.54, 1.807) is 0 Å². The summed E-state index contributed by atoms with van der Waals surface area (Å²) in [5.74, 6) is 0.616. The molecule has 2 amide bonds. The van der Waals surface area contributed by atoms with Gasteiger partial charge >= 0.3 is 0 Å². The van der Waals surface area contributed by atoms with Crippen LogP contribution in [-0.2, 0) is 9.59 Å². The van der Waals surface area contributed by atoms with Gasteiger partial charge in [-0.1, -0.05) is 12.8 Å². The Balaban J connectivity index is 0.00000208. The van der Waals surface area contributed by atoms with Gasteiger partial charge in [-0.05, 0) is 58.4 Å². The van der Waals surface area contributed by atoms with Gasteiger partial charge in [0.15, 0.2) is 0 Å². The average molecular weight is 358 g/mol. The van der Waals surface area contributed by atoms with Crippen LogP contribution in [0.4, 0.5) is 0 Å². The molecule has 138 valence electrons. The summed E-state index contributed by atoms with van der Waals surface area (Å²) in [4.78, 5) is 27.6. The van der Waals surface area contributed by atoms with Gasteiger partial charge in [0.05, 0.1) is 5.41 Å². The highest BCUT2D eigenvalue weighted by molar-refractivity contribution is 5.90. The van der Waals surface area contributed by atoms with Crippen LogP contribution >= 0.6 is 12.4 Å². The van der Waals surface area contributed by atoms with Crippen LogP contribution in [0, 0.1) is 11.3 Å². The topological polar surface area (TPSA) is 61.4 Å². The lowest BCUT2D eigenvalue weighted by atomic mass is 9.67. The van der Waals surface area contributed by atoms with Gasteiger partial charge in [-0.25, -0.2) is 0 Å². The Kier molecular flexibility index (Phi) is 6.54. The van der Waals surface area contributed by atoms with Crippen LogP contribution < -0.4 is 10.6 Å². The van der Waals surface area contributed by atoms with E-state index in [2.05, 4.69) is 17.6 Å². The lowest BCUT2D eigenvalue weighted by Gasteiger charge is -2.39. The maximum Gasteiger partial charge on any atom is 0.245 e. The van der Waals surface area contributed by atoms with Crippen molar-refractivity contribution >= 4 is 24.2 Å². The third kappa shape index (κ3) is 3.57. The Hall–Kier alpha value is -0.810. The molecule has 0 aromatic rings. The molecule has 0 bridgehead atoms. The Morgan fingerprint density at radius 3 is 2.71 bits per heavy atom. The summed E-state index contributed by atoms with van der Waals surface area (Å²) in [6.07, 6.45) is 7.78. The van der Waals surface area contributed by atoms with E-state index in [9.17, 15) is 9.59 Å². The third-order valence-electron chi connectivity index (χ3n) is 6.29. The van der Waals surface area contributed by atoms with Crippen molar-refractivity contribution in [2.45, 2.75) is 70.9 Å². The summed E-state index contributed by atoms with van der Waals surface area (Å²) in [6, 6.07) is -0.120. The number of hydrogen-bond acceptors (Lipinski definition) is 3. The van der Waals surface area contributed by atoms with Crippen molar-refractivity contribution in [1.82, 2.24) is 15.5 Å². The first-order valence-electron chi connectivity index (χ1n) is 9.37. The summed E-state index contributed by atoms with van der Waals surface area (Å²) < 4.78 is 0. The fourth-order valence-corrected chi connectivity index (χ4v) is 4.77. The zero-order chi connectivity index (χ0) is 16.4. The van der Waals surface area contributed by atoms with Crippen molar-refractivity contribution in [2.75, 3.05) is 19.6 Å². The van der Waals surface area contributed by atoms with Crippen LogP contribution in [0.1, 0.15) is 58.8 Å². The lowest BCUT2D eigenvalue weighted by molar-refractivity contribution is -0.142. The molecule has 1 saturated carbocycles. The quantitative estimate of drug-likeness (QED) is 0.813. The van der Waals surface area contributed by atoms with E-state index in [1.807, 2.05) is 11.8 Å². The van der Waals surface area contributed by atoms with Crippen LogP contribution in [0.2, 0.25) is 0 Å². The summed E-state index contributed by atoms with van der Waals surface area (Å²) in [5.41, 5.74) is -0.277. The molecular weight excluding hydrogens is 326 g/mol. The first-order chi connectivity index (χ1) is 11.0. The Labute approximate surface area is 151 Å². The van der Waals surface area contributed by atoms with Crippen LogP contribution in [0.3, 0.4) is 0 Å². The van der Waals surface area contributed by atoms with Gasteiger partial charge in [0.1, 0.15) is 6.04 Å². The molecule has 5 nitrogen and oxygen atoms in total. The number of likely N-dealkylation sites (tertiary alicyclic amines) is 1. The van der Waals surface area contributed by atoms with Gasteiger partial charge < -0.3 is 15.5 Å². The summed E-state index contributed by atoms with van der Waals surface area (Å²) in [7, 11) is 0. The number of carbonyl (C=O) groups excluding carboxylic acids is 2. The summed E-state index contributed by atoms with van der Waals surface area (Å²) in [5, 5.41) is 6.46. The smallest absolute Gasteiger partial charge is 0.245 e. The van der Waals surface area contributed by atoms with Crippen molar-refractivity contribution in [1.29, 1.82) is 0 Å². The maximum atomic E-state index is 13.0. The second-order valence-electron chi connectivity index (χ2n) is 7.80. The fourth-order valence-electron chi connectivity index (χ4n) is 4.77. The molecule has 2 heterocycles. The number of amides is 2. The number of halogens is 1. The van der Waals surface area contributed by atoms with Crippen LogP contribution in [0.5, 0.6) is 0 Å². The van der Waals surface area contributed by atoms with Crippen LogP contribution in [0.15, 0.2) is 0 Å². The molecule has 0 radical (unpaired) electrons. The molecular formula is C18H32ClN3O2. The molecule has 2 N–H and O–H groups in total. The van der Waals surface area contributed by atoms with Crippen LogP contribution in [-0.4, -0.2) is 48.4 Å². The first kappa shape index (κ1) is 19.5. The largest absolute Gasteiger partial charge is 0.344 e. The minimum atomic E-state index is -0.416. The molecule has 2 aliphatic heterocycles. The zero-order valence-corrected chi connectivity index (χ0v) is 15.8. The van der Waals surface area contributed by atoms with Gasteiger partial charge in [-0.3, -0.25) is 9.59 Å². The number of fused-ring (bicyclic) bond motifs is 1. The predicted octanol–water partition coefficient (Wildman–Crippen LogP) is 2.09. The van der Waals surface area contributed by atoms with Gasteiger partial charge in [0.25, 0.3) is 0 Å². The number of hydrogen-bond donors (Lipinski definition) is 2. The van der Waals surface area contributed by atoms with Gasteiger partial charge in [0.2, 0.25) is 11.8 Å². The standard InChI is InChI=1S/C18H31N3O2.ClH/c1-13-7-4-6-10-21(13)16(22)14(2)20-17(23)18-9-5-3-8-15(18)11-19-12-18;/h13-15,19H,3-12H2,1-2H3,(H,20,23);1H/t13?,14?,15-,18+;/m0./s1. The molecule has 2 unspecified atom stereocenters. The zero-order valence-electron chi connectivity index (χ0n) is 15.0. The molecule has 24 heavy (non-hydrogen) atoms. The molecule has 3 fully saturated rings. The highest BCUT2D eigenvalue weighted by Crippen LogP contribution is 2.44. The van der Waals surface area contributed by atoms with E-state index in [4.69, 9.17) is 0 Å². The highest BCUT2D eigenvalue weighted by atomic mass is 35.5. The van der Waals surface area contributed by atoms with Crippen LogP contribution in [0.25, 0.3) is 0 Å². The normalized spacial score (nSPS) is 34.0. The molecule has 3 rings (SSSR count). The Bertz CT molecular complexity index is 473. The number of nitrogens with zero attached hydrogens (tertiary/aromatic N) is 1. The van der Waals surface area contributed by atoms with E-state index in [0.717, 1.165) is 51.7 Å². The second-order valence-corrected chi connectivity index (χ2v) is 7.80. The molecule has 4 atom stereocenters. The second kappa shape index (κ2) is 8.05. The number of rotatable bonds is 3. The minimum Gasteiger partial charge on any atom is -0.344 e. The lowest BCUT2D eigenvalue weighted by Crippen LogP contribution is -2.56. The molecule has 2 saturated heterocycles. The Morgan fingerprint density at radius 2 is 1.96 bits per heavy atom. The summed E-state index contributed by atoms with van der Waals surface area (Å²) >= 11 is 0. The van der Waals surface area contributed by atoms with Crippen molar-refractivity contribution in [3.05, 3.63) is 0 Å². The minimum absolute atomic E-state index is 0. The number of piperidine rings is 1. The van der Waals surface area contributed by atoms with E-state index in [0.29, 0.717) is 12.0 Å². The number of nitrogens with one attached hydrogen (secondary N) is 2. The maximum absolute atomic E-state index is 13.0. The van der Waals surface area contributed by atoms with E-state index in [-0.39, 0.29) is 29.6 Å². The SMILES string of the molecule is CC(NC(=O)[C@@]12CCCC[C@H]1CNC2)C(=O)N1CCCCC1C.Cl. The van der Waals surface area contributed by atoms with Gasteiger partial charge in [0, 0.05) is 19.1 Å². The van der Waals surface area contributed by atoms with Crippen molar-refractivity contribution in [3.63, 3.8) is 0 Å². The van der Waals surface area contributed by atoms with Crippen molar-refractivity contribution in [3.8, 4) is 0 Å². The van der Waals surface area contributed by atoms with Gasteiger partial charge in [-0.15, -0.1) is 12.4 Å². The molecule has 0 aromatic carbocycles. The summed E-state index contributed by atoms with van der Waals surface area (Å²) in [6.45, 7) is 6.50. The average Bonchev–Trinajstić information content (AvgIpc) is 3.00. The van der Waals surface area contributed by atoms with Gasteiger partial charge in [-0.2, -0.15) is 0 Å². The monoisotopic (exact) mass is 357 g/mol. The third-order valence-corrected chi connectivity index (χ3v) is 6.29. The highest BCUT2D eigenvalue weighted by Gasteiger charge is 2.50. The van der Waals surface area contributed by atoms with Crippen molar-refractivity contribution < 1.29 is 9.59 Å². The number of carbonyl (C=O) groups is 2. The van der Waals surface area contributed by atoms with E-state index < -0.39 is 6.04 Å². The molecule has 6 heteroatoms. The Morgan fingerprint density at radius 1 is 1.21 bits per heavy atom. The molecule has 0 spiro atoms. The predicted molar refractivity (Wildman–Crippen MR) is 97.1 cm³/mol.